The number of carbonyl (C=O) groups is 1. The average Bonchev–Trinajstić information content (AvgIpc) is 3.26. The summed E-state index contributed by atoms with van der Waals surface area (Å²) in [5, 5.41) is 7.86. The van der Waals surface area contributed by atoms with E-state index in [0.29, 0.717) is 11.6 Å². The van der Waals surface area contributed by atoms with Gasteiger partial charge >= 0.3 is 0 Å². The van der Waals surface area contributed by atoms with E-state index < -0.39 is 0 Å². The van der Waals surface area contributed by atoms with Crippen molar-refractivity contribution in [2.75, 3.05) is 5.32 Å². The molecule has 1 N–H and O–H groups in total. The van der Waals surface area contributed by atoms with Crippen LogP contribution in [-0.2, 0) is 0 Å². The maximum Gasteiger partial charge on any atom is 0.274 e. The van der Waals surface area contributed by atoms with Gasteiger partial charge in [-0.2, -0.15) is 5.10 Å². The third kappa shape index (κ3) is 4.03. The van der Waals surface area contributed by atoms with Crippen LogP contribution in [-0.4, -0.2) is 15.7 Å². The second-order valence-corrected chi connectivity index (χ2v) is 7.38. The summed E-state index contributed by atoms with van der Waals surface area (Å²) in [6, 6.07) is 29.5. The van der Waals surface area contributed by atoms with Crippen molar-refractivity contribution in [3.8, 4) is 16.9 Å². The van der Waals surface area contributed by atoms with Gasteiger partial charge in [-0.25, -0.2) is 4.68 Å². The summed E-state index contributed by atoms with van der Waals surface area (Å²) in [5.41, 5.74) is 5.07. The van der Waals surface area contributed by atoms with Crippen molar-refractivity contribution in [1.29, 1.82) is 0 Å². The maximum absolute atomic E-state index is 13.3. The number of nitrogens with one attached hydrogen (secondary N) is 1. The molecule has 150 valence electrons. The quantitative estimate of drug-likeness (QED) is 0.416. The Morgan fingerprint density at radius 2 is 1.57 bits per heavy atom. The van der Waals surface area contributed by atoms with Crippen LogP contribution in [0.25, 0.3) is 16.9 Å². The van der Waals surface area contributed by atoms with E-state index in [4.69, 9.17) is 5.10 Å². The second kappa shape index (κ2) is 8.78. The normalized spacial score (nSPS) is 11.8. The third-order valence-electron chi connectivity index (χ3n) is 5.36. The lowest BCUT2D eigenvalue weighted by Gasteiger charge is -2.16. The van der Waals surface area contributed by atoms with Crippen LogP contribution in [0, 0.1) is 0 Å². The average molecular weight is 396 g/mol. The maximum atomic E-state index is 13.3. The molecule has 0 bridgehead atoms. The molecule has 4 aromatic rings. The van der Waals surface area contributed by atoms with Gasteiger partial charge in [0.05, 0.1) is 11.4 Å². The highest BCUT2D eigenvalue weighted by atomic mass is 16.2. The molecule has 0 saturated carbocycles. The number of hydrogen-bond donors (Lipinski definition) is 1. The Morgan fingerprint density at radius 3 is 2.27 bits per heavy atom. The van der Waals surface area contributed by atoms with Gasteiger partial charge in [0.25, 0.3) is 5.91 Å². The van der Waals surface area contributed by atoms with Gasteiger partial charge in [-0.05, 0) is 42.2 Å². The van der Waals surface area contributed by atoms with Gasteiger partial charge in [0.15, 0.2) is 0 Å². The molecule has 4 heteroatoms. The van der Waals surface area contributed by atoms with Crippen molar-refractivity contribution in [1.82, 2.24) is 9.78 Å². The standard InChI is InChI=1S/C26H25N3O/c1-3-19(2)22-16-10-11-17-23(22)27-26(30)25-18-24(20-12-6-4-7-13-20)28-29(25)21-14-8-5-9-15-21/h4-19H,3H2,1-2H3,(H,27,30)/t19-/m0/s1. The molecule has 3 aromatic carbocycles. The van der Waals surface area contributed by atoms with Crippen molar-refractivity contribution < 1.29 is 4.79 Å². The molecule has 0 aliphatic heterocycles. The molecule has 1 aromatic heterocycles. The first-order chi connectivity index (χ1) is 14.7. The van der Waals surface area contributed by atoms with Gasteiger partial charge in [0.1, 0.15) is 5.69 Å². The highest BCUT2D eigenvalue weighted by molar-refractivity contribution is 6.04. The van der Waals surface area contributed by atoms with Gasteiger partial charge in [0, 0.05) is 11.3 Å². The fourth-order valence-electron chi connectivity index (χ4n) is 3.51. The van der Waals surface area contributed by atoms with Crippen molar-refractivity contribution in [3.05, 3.63) is 102 Å². The van der Waals surface area contributed by atoms with E-state index in [9.17, 15) is 4.79 Å². The lowest BCUT2D eigenvalue weighted by atomic mass is 9.97. The Kier molecular flexibility index (Phi) is 5.75. The number of nitrogens with zero attached hydrogens (tertiary/aromatic N) is 2. The van der Waals surface area contributed by atoms with E-state index in [-0.39, 0.29) is 5.91 Å². The van der Waals surface area contributed by atoms with E-state index in [1.54, 1.807) is 4.68 Å². The summed E-state index contributed by atoms with van der Waals surface area (Å²) >= 11 is 0. The van der Waals surface area contributed by atoms with E-state index in [0.717, 1.165) is 34.6 Å². The van der Waals surface area contributed by atoms with Crippen LogP contribution in [0.1, 0.15) is 42.2 Å². The molecule has 4 nitrogen and oxygen atoms in total. The van der Waals surface area contributed by atoms with Gasteiger partial charge in [0.2, 0.25) is 0 Å². The molecular weight excluding hydrogens is 370 g/mol. The van der Waals surface area contributed by atoms with Crippen molar-refractivity contribution in [2.24, 2.45) is 0 Å². The molecular formula is C26H25N3O. The SMILES string of the molecule is CC[C@H](C)c1ccccc1NC(=O)c1cc(-c2ccccc2)nn1-c1ccccc1. The molecule has 0 fully saturated rings. The molecule has 1 amide bonds. The minimum absolute atomic E-state index is 0.177. The molecule has 0 spiro atoms. The summed E-state index contributed by atoms with van der Waals surface area (Å²) in [4.78, 5) is 13.3. The van der Waals surface area contributed by atoms with Crippen LogP contribution in [0.3, 0.4) is 0 Å². The summed E-state index contributed by atoms with van der Waals surface area (Å²) in [6.07, 6.45) is 1.01. The lowest BCUT2D eigenvalue weighted by Crippen LogP contribution is -2.18. The number of rotatable bonds is 6. The molecule has 30 heavy (non-hydrogen) atoms. The Morgan fingerprint density at radius 1 is 0.933 bits per heavy atom. The smallest absolute Gasteiger partial charge is 0.274 e. The largest absolute Gasteiger partial charge is 0.320 e. The fourth-order valence-corrected chi connectivity index (χ4v) is 3.51. The lowest BCUT2D eigenvalue weighted by molar-refractivity contribution is 0.101. The van der Waals surface area contributed by atoms with Gasteiger partial charge in [-0.3, -0.25) is 4.79 Å². The fraction of sp³-hybridized carbons (Fsp3) is 0.154. The van der Waals surface area contributed by atoms with Crippen LogP contribution in [0.15, 0.2) is 91.0 Å². The highest BCUT2D eigenvalue weighted by Gasteiger charge is 2.19. The number of benzene rings is 3. The van der Waals surface area contributed by atoms with Gasteiger partial charge < -0.3 is 5.32 Å². The monoisotopic (exact) mass is 395 g/mol. The Labute approximate surface area is 177 Å². The second-order valence-electron chi connectivity index (χ2n) is 7.38. The zero-order valence-corrected chi connectivity index (χ0v) is 17.2. The first kappa shape index (κ1) is 19.6. The minimum Gasteiger partial charge on any atom is -0.320 e. The first-order valence-corrected chi connectivity index (χ1v) is 10.3. The predicted octanol–water partition coefficient (Wildman–Crippen LogP) is 6.31. The number of hydrogen-bond acceptors (Lipinski definition) is 2. The molecule has 1 atom stereocenters. The summed E-state index contributed by atoms with van der Waals surface area (Å²) < 4.78 is 1.71. The highest BCUT2D eigenvalue weighted by Crippen LogP contribution is 2.28. The zero-order valence-electron chi connectivity index (χ0n) is 17.2. The Balaban J connectivity index is 1.75. The van der Waals surface area contributed by atoms with Crippen LogP contribution < -0.4 is 5.32 Å². The van der Waals surface area contributed by atoms with Crippen molar-refractivity contribution >= 4 is 11.6 Å². The Hall–Kier alpha value is -3.66. The van der Waals surface area contributed by atoms with Crippen LogP contribution >= 0.6 is 0 Å². The molecule has 0 unspecified atom stereocenters. The van der Waals surface area contributed by atoms with Crippen LogP contribution in [0.2, 0.25) is 0 Å². The predicted molar refractivity (Wildman–Crippen MR) is 122 cm³/mol. The zero-order chi connectivity index (χ0) is 20.9. The van der Waals surface area contributed by atoms with E-state index in [2.05, 4.69) is 25.2 Å². The van der Waals surface area contributed by atoms with Crippen molar-refractivity contribution in [2.45, 2.75) is 26.2 Å². The number of para-hydroxylation sites is 2. The number of anilines is 1. The summed E-state index contributed by atoms with van der Waals surface area (Å²) in [6.45, 7) is 4.33. The minimum atomic E-state index is -0.177. The number of aromatic nitrogens is 2. The van der Waals surface area contributed by atoms with Gasteiger partial charge in [-0.15, -0.1) is 0 Å². The summed E-state index contributed by atoms with van der Waals surface area (Å²) in [7, 11) is 0. The summed E-state index contributed by atoms with van der Waals surface area (Å²) in [5.74, 6) is 0.185. The van der Waals surface area contributed by atoms with Crippen molar-refractivity contribution in [3.63, 3.8) is 0 Å². The number of amides is 1. The topological polar surface area (TPSA) is 46.9 Å². The van der Waals surface area contributed by atoms with Crippen LogP contribution in [0.4, 0.5) is 5.69 Å². The molecule has 4 rings (SSSR count). The Bertz CT molecular complexity index is 1130. The first-order valence-electron chi connectivity index (χ1n) is 10.3. The molecule has 0 aliphatic carbocycles. The van der Waals surface area contributed by atoms with Crippen LogP contribution in [0.5, 0.6) is 0 Å². The van der Waals surface area contributed by atoms with E-state index in [1.807, 2.05) is 84.9 Å². The van der Waals surface area contributed by atoms with E-state index in [1.165, 1.54) is 0 Å². The molecule has 0 saturated heterocycles. The van der Waals surface area contributed by atoms with Gasteiger partial charge in [-0.1, -0.05) is 80.6 Å². The molecule has 0 radical (unpaired) electrons. The molecule has 1 heterocycles. The molecule has 0 aliphatic rings. The van der Waals surface area contributed by atoms with E-state index >= 15 is 0 Å². The number of carbonyl (C=O) groups excluding carboxylic acids is 1. The third-order valence-corrected chi connectivity index (χ3v) is 5.36.